The Kier molecular flexibility index (Phi) is 6.09. The number of thiazole rings is 1. The van der Waals surface area contributed by atoms with E-state index >= 15 is 0 Å². The molecular formula is C32H25N3O5S. The molecule has 1 atom stereocenters. The molecule has 0 saturated carbocycles. The highest BCUT2D eigenvalue weighted by molar-refractivity contribution is 7.07. The van der Waals surface area contributed by atoms with Gasteiger partial charge in [-0.05, 0) is 49.2 Å². The van der Waals surface area contributed by atoms with Crippen molar-refractivity contribution in [1.29, 1.82) is 0 Å². The van der Waals surface area contributed by atoms with Crippen molar-refractivity contribution >= 4 is 34.3 Å². The van der Waals surface area contributed by atoms with Gasteiger partial charge in [0.25, 0.3) is 5.56 Å². The van der Waals surface area contributed by atoms with Crippen molar-refractivity contribution in [1.82, 2.24) is 9.55 Å². The first-order valence-corrected chi connectivity index (χ1v) is 14.1. The van der Waals surface area contributed by atoms with Gasteiger partial charge in [0.05, 0.1) is 34.1 Å². The van der Waals surface area contributed by atoms with E-state index in [2.05, 4.69) is 4.98 Å². The van der Waals surface area contributed by atoms with E-state index in [4.69, 9.17) is 19.2 Å². The fourth-order valence-electron chi connectivity index (χ4n) is 5.47. The summed E-state index contributed by atoms with van der Waals surface area (Å²) in [5.41, 5.74) is 5.13. The van der Waals surface area contributed by atoms with Gasteiger partial charge in [-0.1, -0.05) is 65.9 Å². The van der Waals surface area contributed by atoms with Crippen molar-refractivity contribution in [3.05, 3.63) is 115 Å². The summed E-state index contributed by atoms with van der Waals surface area (Å²) >= 11 is 1.30. The van der Waals surface area contributed by atoms with Crippen LogP contribution in [0.1, 0.15) is 31.0 Å². The summed E-state index contributed by atoms with van der Waals surface area (Å²) in [6.07, 6.45) is 1.92. The SMILES string of the molecule is CCOC(=O)C1=C(C)N=c2s/c(=C/c3c(-c4ccccc4)[nH]c4ccccc34)c(=O)n2C1c1ccc2c(c1)OCO2. The van der Waals surface area contributed by atoms with Gasteiger partial charge in [-0.2, -0.15) is 0 Å². The van der Waals surface area contributed by atoms with Gasteiger partial charge < -0.3 is 19.2 Å². The maximum absolute atomic E-state index is 14.2. The Bertz CT molecular complexity index is 2050. The van der Waals surface area contributed by atoms with Crippen LogP contribution in [-0.4, -0.2) is 28.9 Å². The second-order valence-corrected chi connectivity index (χ2v) is 10.7. The van der Waals surface area contributed by atoms with E-state index in [0.717, 1.165) is 27.7 Å². The number of aromatic amines is 1. The lowest BCUT2D eigenvalue weighted by Gasteiger charge is -2.24. The lowest BCUT2D eigenvalue weighted by molar-refractivity contribution is -0.139. The zero-order chi connectivity index (χ0) is 28.1. The number of nitrogens with one attached hydrogen (secondary N) is 1. The number of carbonyl (C=O) groups is 1. The molecule has 0 spiro atoms. The minimum atomic E-state index is -0.737. The lowest BCUT2D eigenvalue weighted by Crippen LogP contribution is -2.39. The van der Waals surface area contributed by atoms with Gasteiger partial charge in [0.2, 0.25) is 6.79 Å². The number of carbonyl (C=O) groups excluding carboxylic acids is 1. The third kappa shape index (κ3) is 4.17. The van der Waals surface area contributed by atoms with E-state index in [1.54, 1.807) is 24.5 Å². The van der Waals surface area contributed by atoms with E-state index in [0.29, 0.717) is 37.7 Å². The number of rotatable bonds is 5. The van der Waals surface area contributed by atoms with Crippen molar-refractivity contribution in [2.24, 2.45) is 4.99 Å². The van der Waals surface area contributed by atoms with Crippen LogP contribution in [0.2, 0.25) is 0 Å². The highest BCUT2D eigenvalue weighted by Crippen LogP contribution is 2.38. The van der Waals surface area contributed by atoms with Gasteiger partial charge in [0, 0.05) is 16.5 Å². The first-order valence-electron chi connectivity index (χ1n) is 13.3. The molecule has 2 aliphatic rings. The number of hydrogen-bond donors (Lipinski definition) is 1. The van der Waals surface area contributed by atoms with Crippen LogP contribution in [0.5, 0.6) is 11.5 Å². The minimum absolute atomic E-state index is 0.121. The monoisotopic (exact) mass is 563 g/mol. The van der Waals surface area contributed by atoms with Crippen LogP contribution in [0.25, 0.3) is 28.2 Å². The van der Waals surface area contributed by atoms with E-state index < -0.39 is 12.0 Å². The number of esters is 1. The maximum Gasteiger partial charge on any atom is 0.338 e. The van der Waals surface area contributed by atoms with Crippen molar-refractivity contribution in [2.75, 3.05) is 13.4 Å². The Morgan fingerprint density at radius 2 is 1.88 bits per heavy atom. The van der Waals surface area contributed by atoms with Crippen molar-refractivity contribution in [2.45, 2.75) is 19.9 Å². The normalized spacial score (nSPS) is 16.1. The smallest absolute Gasteiger partial charge is 0.338 e. The topological polar surface area (TPSA) is 94.9 Å². The van der Waals surface area contributed by atoms with E-state index in [9.17, 15) is 9.59 Å². The molecule has 0 bridgehead atoms. The fraction of sp³-hybridized carbons (Fsp3) is 0.156. The Morgan fingerprint density at radius 1 is 1.10 bits per heavy atom. The van der Waals surface area contributed by atoms with Crippen LogP contribution in [0.15, 0.2) is 93.9 Å². The highest BCUT2D eigenvalue weighted by Gasteiger charge is 2.34. The molecule has 41 heavy (non-hydrogen) atoms. The van der Waals surface area contributed by atoms with Gasteiger partial charge in [0.15, 0.2) is 16.3 Å². The molecule has 1 unspecified atom stereocenters. The number of benzene rings is 3. The predicted molar refractivity (Wildman–Crippen MR) is 157 cm³/mol. The quantitative estimate of drug-likeness (QED) is 0.314. The zero-order valence-electron chi connectivity index (χ0n) is 22.3. The van der Waals surface area contributed by atoms with Gasteiger partial charge in [0.1, 0.15) is 0 Å². The van der Waals surface area contributed by atoms with Gasteiger partial charge >= 0.3 is 5.97 Å². The number of fused-ring (bicyclic) bond motifs is 3. The van der Waals surface area contributed by atoms with E-state index in [1.807, 2.05) is 72.8 Å². The molecule has 2 aliphatic heterocycles. The van der Waals surface area contributed by atoms with Crippen LogP contribution in [0.4, 0.5) is 0 Å². The molecule has 0 saturated heterocycles. The predicted octanol–water partition coefficient (Wildman–Crippen LogP) is 4.68. The van der Waals surface area contributed by atoms with Gasteiger partial charge in [-0.3, -0.25) is 9.36 Å². The summed E-state index contributed by atoms with van der Waals surface area (Å²) in [5.74, 6) is 0.676. The molecular weight excluding hydrogens is 538 g/mol. The number of hydrogen-bond acceptors (Lipinski definition) is 7. The highest BCUT2D eigenvalue weighted by atomic mass is 32.1. The fourth-order valence-corrected chi connectivity index (χ4v) is 6.50. The molecule has 0 amide bonds. The van der Waals surface area contributed by atoms with E-state index in [-0.39, 0.29) is 19.0 Å². The molecule has 7 rings (SSSR count). The van der Waals surface area contributed by atoms with Crippen molar-refractivity contribution < 1.29 is 19.0 Å². The number of para-hydroxylation sites is 1. The molecule has 204 valence electrons. The van der Waals surface area contributed by atoms with Crippen LogP contribution >= 0.6 is 11.3 Å². The van der Waals surface area contributed by atoms with Gasteiger partial charge in [-0.15, -0.1) is 0 Å². The molecule has 0 radical (unpaired) electrons. The number of ether oxygens (including phenoxy) is 3. The average molecular weight is 564 g/mol. The van der Waals surface area contributed by atoms with Crippen LogP contribution in [0, 0.1) is 0 Å². The van der Waals surface area contributed by atoms with Crippen molar-refractivity contribution in [3.8, 4) is 22.8 Å². The number of aromatic nitrogens is 2. The van der Waals surface area contributed by atoms with Gasteiger partial charge in [-0.25, -0.2) is 9.79 Å². The molecule has 5 aromatic rings. The van der Waals surface area contributed by atoms with Crippen LogP contribution in [0.3, 0.4) is 0 Å². The second kappa shape index (κ2) is 9.94. The third-order valence-corrected chi connectivity index (χ3v) is 8.30. The molecule has 9 heteroatoms. The van der Waals surface area contributed by atoms with Crippen LogP contribution < -0.4 is 24.4 Å². The second-order valence-electron chi connectivity index (χ2n) is 9.74. The first kappa shape index (κ1) is 25.1. The summed E-state index contributed by atoms with van der Waals surface area (Å²) in [6, 6.07) is 22.8. The Balaban J connectivity index is 1.46. The molecule has 0 fully saturated rings. The molecule has 3 aromatic carbocycles. The maximum atomic E-state index is 14.2. The molecule has 2 aromatic heterocycles. The minimum Gasteiger partial charge on any atom is -0.463 e. The first-order chi connectivity index (χ1) is 20.0. The summed E-state index contributed by atoms with van der Waals surface area (Å²) in [4.78, 5) is 36.2. The summed E-state index contributed by atoms with van der Waals surface area (Å²) in [7, 11) is 0. The standard InChI is InChI=1S/C32H25N3O5S/c1-3-38-31(37)27-18(2)33-32-35(29(27)20-13-14-24-25(15-20)40-17-39-24)30(36)26(41-32)16-22-21-11-7-8-12-23(21)34-28(22)19-9-5-4-6-10-19/h4-16,29,34H,3,17H2,1-2H3/b26-16+. The summed E-state index contributed by atoms with van der Waals surface area (Å²) in [6.45, 7) is 3.85. The summed E-state index contributed by atoms with van der Waals surface area (Å²) < 4.78 is 18.6. The van der Waals surface area contributed by atoms with Crippen molar-refractivity contribution in [3.63, 3.8) is 0 Å². The average Bonchev–Trinajstić information content (AvgIpc) is 3.69. The molecule has 0 aliphatic carbocycles. The molecule has 8 nitrogen and oxygen atoms in total. The Labute approximate surface area is 238 Å². The number of H-pyrrole nitrogens is 1. The zero-order valence-corrected chi connectivity index (χ0v) is 23.2. The third-order valence-electron chi connectivity index (χ3n) is 7.31. The largest absolute Gasteiger partial charge is 0.463 e. The van der Waals surface area contributed by atoms with E-state index in [1.165, 1.54) is 11.3 Å². The van der Waals surface area contributed by atoms with Crippen LogP contribution in [-0.2, 0) is 9.53 Å². The summed E-state index contributed by atoms with van der Waals surface area (Å²) in [5, 5.41) is 1.01. The number of nitrogens with zero attached hydrogens (tertiary/aromatic N) is 2. The Morgan fingerprint density at radius 3 is 2.71 bits per heavy atom. The molecule has 1 N–H and O–H groups in total. The lowest BCUT2D eigenvalue weighted by atomic mass is 9.95. The Hall–Kier alpha value is -4.89. The molecule has 4 heterocycles. The number of allylic oxidation sites excluding steroid dienone is 1.